The molecular formula is C12H12N2O2S. The molecule has 0 saturated carbocycles. The highest BCUT2D eigenvalue weighted by Gasteiger charge is 2.09. The summed E-state index contributed by atoms with van der Waals surface area (Å²) in [6.07, 6.45) is 1.89. The summed E-state index contributed by atoms with van der Waals surface area (Å²) in [5.74, 6) is 1.03. The fourth-order valence-electron chi connectivity index (χ4n) is 1.56. The Morgan fingerprint density at radius 2 is 2.29 bits per heavy atom. The van der Waals surface area contributed by atoms with E-state index < -0.39 is 0 Å². The van der Waals surface area contributed by atoms with Crippen LogP contribution in [0.1, 0.15) is 5.82 Å². The minimum Gasteiger partial charge on any atom is -0.496 e. The first-order valence-corrected chi connectivity index (χ1v) is 6.20. The predicted octanol–water partition coefficient (Wildman–Crippen LogP) is 2.27. The molecule has 0 unspecified atom stereocenters. The average Bonchev–Trinajstić information content (AvgIpc) is 2.36. The molecule has 17 heavy (non-hydrogen) atoms. The Balaban J connectivity index is 2.76. The third-order valence-electron chi connectivity index (χ3n) is 2.43. The molecule has 2 aromatic rings. The topological polar surface area (TPSA) is 55.0 Å². The van der Waals surface area contributed by atoms with Gasteiger partial charge in [0.2, 0.25) is 0 Å². The number of methoxy groups -OCH3 is 1. The number of benzene rings is 1. The Bertz CT molecular complexity index is 634. The van der Waals surface area contributed by atoms with Crippen LogP contribution in [0.2, 0.25) is 0 Å². The van der Waals surface area contributed by atoms with Gasteiger partial charge < -0.3 is 9.72 Å². The van der Waals surface area contributed by atoms with Gasteiger partial charge in [-0.25, -0.2) is 4.98 Å². The third kappa shape index (κ3) is 2.06. The van der Waals surface area contributed by atoms with Gasteiger partial charge in [-0.3, -0.25) is 4.79 Å². The van der Waals surface area contributed by atoms with Crippen LogP contribution >= 0.6 is 11.8 Å². The van der Waals surface area contributed by atoms with Crippen LogP contribution in [0.25, 0.3) is 15.8 Å². The van der Waals surface area contributed by atoms with Gasteiger partial charge in [0.25, 0.3) is 5.56 Å². The second kappa shape index (κ2) is 4.63. The van der Waals surface area contributed by atoms with Crippen molar-refractivity contribution in [1.29, 1.82) is 0 Å². The van der Waals surface area contributed by atoms with E-state index in [1.165, 1.54) is 18.9 Å². The maximum Gasteiger partial charge on any atom is 0.262 e. The molecule has 1 aromatic carbocycles. The van der Waals surface area contributed by atoms with Crippen molar-refractivity contribution in [2.75, 3.05) is 13.4 Å². The molecule has 0 saturated heterocycles. The first kappa shape index (κ1) is 11.7. The van der Waals surface area contributed by atoms with E-state index in [0.717, 1.165) is 4.91 Å². The number of H-pyrrole nitrogens is 1. The minimum absolute atomic E-state index is 0.211. The van der Waals surface area contributed by atoms with Crippen molar-refractivity contribution >= 4 is 27.6 Å². The number of hydrogen-bond donors (Lipinski definition) is 1. The Morgan fingerprint density at radius 1 is 1.53 bits per heavy atom. The molecule has 0 fully saturated rings. The van der Waals surface area contributed by atoms with Gasteiger partial charge in [0.15, 0.2) is 0 Å². The molecular weight excluding hydrogens is 236 g/mol. The van der Waals surface area contributed by atoms with Gasteiger partial charge in [0.1, 0.15) is 17.0 Å². The van der Waals surface area contributed by atoms with Crippen molar-refractivity contribution in [1.82, 2.24) is 9.97 Å². The van der Waals surface area contributed by atoms with Crippen LogP contribution in [0, 0.1) is 0 Å². The predicted molar refractivity (Wildman–Crippen MR) is 71.5 cm³/mol. The molecule has 0 bridgehead atoms. The first-order chi connectivity index (χ1) is 8.17. The van der Waals surface area contributed by atoms with Gasteiger partial charge in [-0.05, 0) is 18.4 Å². The minimum atomic E-state index is -0.211. The number of nitrogens with one attached hydrogen (secondary N) is 1. The van der Waals surface area contributed by atoms with Gasteiger partial charge in [-0.2, -0.15) is 0 Å². The largest absolute Gasteiger partial charge is 0.496 e. The van der Waals surface area contributed by atoms with Gasteiger partial charge in [-0.15, -0.1) is 11.8 Å². The number of nitrogens with zero attached hydrogens (tertiary/aromatic N) is 1. The standard InChI is InChI=1S/C12H12N2O2S/c1-7(17-3)11-13-8-5-4-6-9(16-2)10(8)12(15)14-11/h4-6H,1H2,2-3H3,(H,13,14,15). The fourth-order valence-corrected chi connectivity index (χ4v) is 1.85. The molecule has 0 aliphatic carbocycles. The Morgan fingerprint density at radius 3 is 2.94 bits per heavy atom. The smallest absolute Gasteiger partial charge is 0.262 e. The number of aromatic amines is 1. The molecule has 5 heteroatoms. The summed E-state index contributed by atoms with van der Waals surface area (Å²) in [7, 11) is 1.53. The zero-order chi connectivity index (χ0) is 12.4. The molecule has 1 N–H and O–H groups in total. The molecule has 0 amide bonds. The van der Waals surface area contributed by atoms with Crippen LogP contribution in [0.3, 0.4) is 0 Å². The van der Waals surface area contributed by atoms with Crippen LogP contribution in [-0.4, -0.2) is 23.3 Å². The molecule has 0 spiro atoms. The number of fused-ring (bicyclic) bond motifs is 1. The third-order valence-corrected chi connectivity index (χ3v) is 3.11. The lowest BCUT2D eigenvalue weighted by Gasteiger charge is -2.06. The lowest BCUT2D eigenvalue weighted by molar-refractivity contribution is 0.419. The van der Waals surface area contributed by atoms with Crippen LogP contribution in [-0.2, 0) is 0 Å². The normalized spacial score (nSPS) is 10.5. The highest BCUT2D eigenvalue weighted by molar-refractivity contribution is 8.07. The van der Waals surface area contributed by atoms with E-state index in [0.29, 0.717) is 22.5 Å². The molecule has 1 aromatic heterocycles. The molecule has 4 nitrogen and oxygen atoms in total. The van der Waals surface area contributed by atoms with Crippen LogP contribution in [0.5, 0.6) is 5.75 Å². The average molecular weight is 248 g/mol. The molecule has 0 radical (unpaired) electrons. The van der Waals surface area contributed by atoms with Gasteiger partial charge in [-0.1, -0.05) is 12.6 Å². The zero-order valence-corrected chi connectivity index (χ0v) is 10.4. The SMILES string of the molecule is C=C(SC)c1nc2cccc(OC)c2c(=O)[nH]1. The van der Waals surface area contributed by atoms with Crippen molar-refractivity contribution in [2.24, 2.45) is 0 Å². The first-order valence-electron chi connectivity index (χ1n) is 4.97. The molecule has 0 aliphatic rings. The van der Waals surface area contributed by atoms with Gasteiger partial charge in [0.05, 0.1) is 12.6 Å². The lowest BCUT2D eigenvalue weighted by atomic mass is 10.2. The second-order valence-electron chi connectivity index (χ2n) is 3.40. The Kier molecular flexibility index (Phi) is 3.19. The number of rotatable bonds is 3. The summed E-state index contributed by atoms with van der Waals surface area (Å²) < 4.78 is 5.15. The van der Waals surface area contributed by atoms with Crippen molar-refractivity contribution in [3.05, 3.63) is 41.0 Å². The van der Waals surface area contributed by atoms with Crippen molar-refractivity contribution < 1.29 is 4.74 Å². The van der Waals surface area contributed by atoms with Gasteiger partial charge >= 0.3 is 0 Å². The number of thioether (sulfide) groups is 1. The van der Waals surface area contributed by atoms with E-state index in [9.17, 15) is 4.79 Å². The zero-order valence-electron chi connectivity index (χ0n) is 9.61. The van der Waals surface area contributed by atoms with E-state index in [1.54, 1.807) is 18.2 Å². The molecule has 2 rings (SSSR count). The summed E-state index contributed by atoms with van der Waals surface area (Å²) in [5.41, 5.74) is 0.399. The summed E-state index contributed by atoms with van der Waals surface area (Å²) in [4.78, 5) is 19.8. The maximum atomic E-state index is 12.0. The monoisotopic (exact) mass is 248 g/mol. The number of aromatic nitrogens is 2. The van der Waals surface area contributed by atoms with Crippen LogP contribution < -0.4 is 10.3 Å². The van der Waals surface area contributed by atoms with Gasteiger partial charge in [0, 0.05) is 4.91 Å². The number of hydrogen-bond acceptors (Lipinski definition) is 4. The summed E-state index contributed by atoms with van der Waals surface area (Å²) in [6, 6.07) is 5.33. The van der Waals surface area contributed by atoms with E-state index in [4.69, 9.17) is 4.74 Å². The van der Waals surface area contributed by atoms with Crippen molar-refractivity contribution in [3.63, 3.8) is 0 Å². The number of ether oxygens (including phenoxy) is 1. The Hall–Kier alpha value is -1.75. The summed E-state index contributed by atoms with van der Waals surface area (Å²) in [6.45, 7) is 3.83. The second-order valence-corrected chi connectivity index (χ2v) is 4.30. The lowest BCUT2D eigenvalue weighted by Crippen LogP contribution is -2.11. The van der Waals surface area contributed by atoms with Crippen LogP contribution in [0.15, 0.2) is 29.6 Å². The maximum absolute atomic E-state index is 12.0. The fraction of sp³-hybridized carbons (Fsp3) is 0.167. The molecule has 0 aliphatic heterocycles. The summed E-state index contributed by atoms with van der Waals surface area (Å²) in [5, 5.41) is 0.465. The molecule has 0 atom stereocenters. The quantitative estimate of drug-likeness (QED) is 0.905. The van der Waals surface area contributed by atoms with E-state index >= 15 is 0 Å². The molecule has 88 valence electrons. The van der Waals surface area contributed by atoms with Crippen LogP contribution in [0.4, 0.5) is 0 Å². The van der Waals surface area contributed by atoms with Crippen molar-refractivity contribution in [2.45, 2.75) is 0 Å². The highest BCUT2D eigenvalue weighted by Crippen LogP contribution is 2.23. The van der Waals surface area contributed by atoms with E-state index in [2.05, 4.69) is 16.5 Å². The Labute approximate surface area is 103 Å². The highest BCUT2D eigenvalue weighted by atomic mass is 32.2. The van der Waals surface area contributed by atoms with E-state index in [1.807, 2.05) is 6.26 Å². The van der Waals surface area contributed by atoms with Crippen molar-refractivity contribution in [3.8, 4) is 5.75 Å². The molecule has 1 heterocycles. The van der Waals surface area contributed by atoms with E-state index in [-0.39, 0.29) is 5.56 Å². The summed E-state index contributed by atoms with van der Waals surface area (Å²) >= 11 is 1.45.